The molecule has 1 aliphatic rings. The molecule has 1 heterocycles. The summed E-state index contributed by atoms with van der Waals surface area (Å²) in [5.74, 6) is -0.152. The minimum Gasteiger partial charge on any atom is -0.409 e. The van der Waals surface area contributed by atoms with Crippen LogP contribution in [0.25, 0.3) is 0 Å². The Hall–Kier alpha value is -0.540. The second-order valence-electron chi connectivity index (χ2n) is 4.50. The maximum Gasteiger partial charge on any atom is 0.246 e. The molecular weight excluding hydrogens is 405 g/mol. The van der Waals surface area contributed by atoms with E-state index in [0.717, 1.165) is 4.31 Å². The Morgan fingerprint density at radius 1 is 1.43 bits per heavy atom. The Balaban J connectivity index is 2.53. The fourth-order valence-electron chi connectivity index (χ4n) is 2.28. The van der Waals surface area contributed by atoms with Gasteiger partial charge in [-0.05, 0) is 25.0 Å². The Labute approximate surface area is 140 Å². The van der Waals surface area contributed by atoms with Crippen LogP contribution in [0.1, 0.15) is 12.8 Å². The second kappa shape index (κ2) is 6.29. The van der Waals surface area contributed by atoms with Gasteiger partial charge in [-0.2, -0.15) is 4.31 Å². The highest BCUT2D eigenvalue weighted by Gasteiger charge is 2.39. The fourth-order valence-corrected chi connectivity index (χ4v) is 5.84. The van der Waals surface area contributed by atoms with Crippen molar-refractivity contribution >= 4 is 55.0 Å². The molecule has 0 aliphatic carbocycles. The van der Waals surface area contributed by atoms with Crippen LogP contribution in [0.2, 0.25) is 10.0 Å². The van der Waals surface area contributed by atoms with Crippen molar-refractivity contribution in [3.63, 3.8) is 0 Å². The zero-order chi connectivity index (χ0) is 15.8. The van der Waals surface area contributed by atoms with E-state index in [0.29, 0.717) is 17.3 Å². The molecule has 3 N–H and O–H groups in total. The van der Waals surface area contributed by atoms with Crippen LogP contribution in [0.5, 0.6) is 0 Å². The van der Waals surface area contributed by atoms with Crippen molar-refractivity contribution in [3.8, 4) is 0 Å². The zero-order valence-electron chi connectivity index (χ0n) is 10.6. The Bertz CT molecular complexity index is 673. The summed E-state index contributed by atoms with van der Waals surface area (Å²) in [6.45, 7) is 0.256. The molecule has 1 saturated heterocycles. The van der Waals surface area contributed by atoms with E-state index >= 15 is 0 Å². The number of oxime groups is 1. The molecule has 10 heteroatoms. The van der Waals surface area contributed by atoms with Crippen molar-refractivity contribution in [2.45, 2.75) is 23.8 Å². The minimum atomic E-state index is -3.94. The summed E-state index contributed by atoms with van der Waals surface area (Å²) >= 11 is 15.2. The summed E-state index contributed by atoms with van der Waals surface area (Å²) in [7, 11) is -3.94. The summed E-state index contributed by atoms with van der Waals surface area (Å²) in [5, 5.41) is 11.7. The molecule has 116 valence electrons. The van der Waals surface area contributed by atoms with E-state index in [1.807, 2.05) is 0 Å². The van der Waals surface area contributed by atoms with E-state index in [2.05, 4.69) is 21.1 Å². The van der Waals surface area contributed by atoms with E-state index in [-0.39, 0.29) is 27.3 Å². The number of nitrogens with zero attached hydrogens (tertiary/aromatic N) is 2. The van der Waals surface area contributed by atoms with Crippen molar-refractivity contribution in [1.82, 2.24) is 4.31 Å². The van der Waals surface area contributed by atoms with Crippen molar-refractivity contribution in [3.05, 3.63) is 26.7 Å². The lowest BCUT2D eigenvalue weighted by molar-refractivity contribution is 0.311. The van der Waals surface area contributed by atoms with Gasteiger partial charge in [-0.1, -0.05) is 44.3 Å². The van der Waals surface area contributed by atoms with Crippen molar-refractivity contribution in [2.75, 3.05) is 6.54 Å². The summed E-state index contributed by atoms with van der Waals surface area (Å²) < 4.78 is 27.3. The van der Waals surface area contributed by atoms with Gasteiger partial charge in [-0.25, -0.2) is 8.42 Å². The predicted octanol–water partition coefficient (Wildman–Crippen LogP) is 2.66. The number of hydrogen-bond acceptors (Lipinski definition) is 4. The first-order chi connectivity index (χ1) is 9.78. The largest absolute Gasteiger partial charge is 0.409 e. The third kappa shape index (κ3) is 3.14. The Kier molecular flexibility index (Phi) is 5.04. The molecule has 1 atom stereocenters. The van der Waals surface area contributed by atoms with E-state index < -0.39 is 16.1 Å². The number of nitrogens with two attached hydrogens (primary N) is 1. The topological polar surface area (TPSA) is 96.0 Å². The molecule has 1 aromatic carbocycles. The van der Waals surface area contributed by atoms with Gasteiger partial charge >= 0.3 is 0 Å². The highest BCUT2D eigenvalue weighted by Crippen LogP contribution is 2.37. The first-order valence-electron chi connectivity index (χ1n) is 5.93. The first kappa shape index (κ1) is 16.8. The molecule has 1 aliphatic heterocycles. The van der Waals surface area contributed by atoms with E-state index in [4.69, 9.17) is 34.1 Å². The average molecular weight is 417 g/mol. The fraction of sp³-hybridized carbons (Fsp3) is 0.364. The van der Waals surface area contributed by atoms with Gasteiger partial charge in [0.2, 0.25) is 10.0 Å². The highest BCUT2D eigenvalue weighted by atomic mass is 79.9. The molecule has 0 bridgehead atoms. The van der Waals surface area contributed by atoms with E-state index in [1.54, 1.807) is 0 Å². The van der Waals surface area contributed by atoms with Crippen molar-refractivity contribution in [2.24, 2.45) is 10.9 Å². The molecular formula is C11H12BrCl2N3O3S. The maximum absolute atomic E-state index is 12.8. The monoisotopic (exact) mass is 415 g/mol. The molecule has 6 nitrogen and oxygen atoms in total. The standard InChI is InChI=1S/C11H12BrCl2N3O3S/c12-6-4-7(13)10(8(14)5-6)21(19,20)17-3-1-2-9(17)11(15)16-18/h4-5,9,18H,1-3H2,(H2,15,16). The summed E-state index contributed by atoms with van der Waals surface area (Å²) in [6, 6.07) is 2.21. The lowest BCUT2D eigenvalue weighted by Gasteiger charge is -2.24. The highest BCUT2D eigenvalue weighted by molar-refractivity contribution is 9.10. The van der Waals surface area contributed by atoms with Gasteiger partial charge in [-0.15, -0.1) is 0 Å². The minimum absolute atomic E-state index is 0.0135. The maximum atomic E-state index is 12.8. The smallest absolute Gasteiger partial charge is 0.246 e. The van der Waals surface area contributed by atoms with Crippen LogP contribution < -0.4 is 5.73 Å². The van der Waals surface area contributed by atoms with Crippen LogP contribution in [-0.2, 0) is 10.0 Å². The Morgan fingerprint density at radius 2 is 2.00 bits per heavy atom. The van der Waals surface area contributed by atoms with Gasteiger partial charge in [-0.3, -0.25) is 0 Å². The third-order valence-corrected chi connectivity index (χ3v) is 6.48. The predicted molar refractivity (Wildman–Crippen MR) is 84.5 cm³/mol. The first-order valence-corrected chi connectivity index (χ1v) is 8.91. The van der Waals surface area contributed by atoms with Crippen LogP contribution in [0.3, 0.4) is 0 Å². The van der Waals surface area contributed by atoms with Gasteiger partial charge in [0.1, 0.15) is 4.90 Å². The van der Waals surface area contributed by atoms with Crippen molar-refractivity contribution < 1.29 is 13.6 Å². The molecule has 1 fully saturated rings. The van der Waals surface area contributed by atoms with Gasteiger partial charge in [0.25, 0.3) is 0 Å². The SMILES string of the molecule is NC(=NO)C1CCCN1S(=O)(=O)c1c(Cl)cc(Br)cc1Cl. The molecule has 2 rings (SSSR count). The van der Waals surface area contributed by atoms with Crippen LogP contribution in [0.15, 0.2) is 26.7 Å². The normalized spacial score (nSPS) is 20.9. The third-order valence-electron chi connectivity index (χ3n) is 3.19. The molecule has 0 saturated carbocycles. The number of rotatable bonds is 3. The number of hydrogen-bond donors (Lipinski definition) is 2. The van der Waals surface area contributed by atoms with Gasteiger partial charge in [0, 0.05) is 11.0 Å². The summed E-state index contributed by atoms with van der Waals surface area (Å²) in [5.41, 5.74) is 5.56. The molecule has 1 unspecified atom stereocenters. The molecule has 0 radical (unpaired) electrons. The molecule has 21 heavy (non-hydrogen) atoms. The number of benzene rings is 1. The van der Waals surface area contributed by atoms with Crippen LogP contribution in [0.4, 0.5) is 0 Å². The summed E-state index contributed by atoms with van der Waals surface area (Å²) in [6.07, 6.45) is 1.08. The lowest BCUT2D eigenvalue weighted by atomic mass is 10.2. The van der Waals surface area contributed by atoms with Crippen LogP contribution >= 0.6 is 39.1 Å². The van der Waals surface area contributed by atoms with Crippen LogP contribution in [0, 0.1) is 0 Å². The van der Waals surface area contributed by atoms with Gasteiger partial charge in [0.05, 0.1) is 16.1 Å². The zero-order valence-corrected chi connectivity index (χ0v) is 14.5. The number of amidine groups is 1. The molecule has 0 spiro atoms. The van der Waals surface area contributed by atoms with E-state index in [1.165, 1.54) is 12.1 Å². The molecule has 1 aromatic rings. The second-order valence-corrected chi connectivity index (χ2v) is 8.05. The average Bonchev–Trinajstić information content (AvgIpc) is 2.86. The van der Waals surface area contributed by atoms with Gasteiger partial charge < -0.3 is 10.9 Å². The van der Waals surface area contributed by atoms with E-state index in [9.17, 15) is 8.42 Å². The molecule has 0 amide bonds. The van der Waals surface area contributed by atoms with Crippen molar-refractivity contribution in [1.29, 1.82) is 0 Å². The number of halogens is 3. The van der Waals surface area contributed by atoms with Crippen LogP contribution in [-0.4, -0.2) is 36.4 Å². The number of sulfonamides is 1. The molecule has 0 aromatic heterocycles. The lowest BCUT2D eigenvalue weighted by Crippen LogP contribution is -2.43. The quantitative estimate of drug-likeness (QED) is 0.342. The van der Waals surface area contributed by atoms with Gasteiger partial charge in [0.15, 0.2) is 5.84 Å². The Morgan fingerprint density at radius 3 is 2.52 bits per heavy atom. The summed E-state index contributed by atoms with van der Waals surface area (Å²) in [4.78, 5) is -0.174.